The van der Waals surface area contributed by atoms with Crippen LogP contribution < -0.4 is 25.4 Å². The summed E-state index contributed by atoms with van der Waals surface area (Å²) >= 11 is 0. The maximum absolute atomic E-state index is 12.4. The molecule has 200 valence electrons. The molecule has 1 fully saturated rings. The Balaban J connectivity index is 1.78. The van der Waals surface area contributed by atoms with E-state index in [0.29, 0.717) is 34.6 Å². The lowest BCUT2D eigenvalue weighted by molar-refractivity contribution is 0.0635. The van der Waals surface area contributed by atoms with Gasteiger partial charge in [0.1, 0.15) is 23.2 Å². The van der Waals surface area contributed by atoms with Crippen LogP contribution in [0.5, 0.6) is 11.5 Å². The van der Waals surface area contributed by atoms with Crippen LogP contribution in [0.2, 0.25) is 0 Å². The van der Waals surface area contributed by atoms with Crippen LogP contribution in [0, 0.1) is 0 Å². The first-order chi connectivity index (χ1) is 17.5. The molecule has 0 bridgehead atoms. The first-order valence-electron chi connectivity index (χ1n) is 12.3. The topological polar surface area (TPSA) is 119 Å². The average Bonchev–Trinajstić information content (AvgIpc) is 3.18. The zero-order valence-electron chi connectivity index (χ0n) is 22.7. The first-order valence-corrected chi connectivity index (χ1v) is 12.3. The van der Waals surface area contributed by atoms with Crippen molar-refractivity contribution >= 4 is 28.9 Å². The van der Waals surface area contributed by atoms with Gasteiger partial charge >= 0.3 is 6.09 Å². The number of aromatic nitrogens is 3. The molecular weight excluding hydrogens is 474 g/mol. The van der Waals surface area contributed by atoms with Gasteiger partial charge in [-0.3, -0.25) is 5.32 Å². The van der Waals surface area contributed by atoms with Crippen molar-refractivity contribution in [2.45, 2.75) is 45.3 Å². The van der Waals surface area contributed by atoms with Crippen LogP contribution in [-0.2, 0) is 4.74 Å². The van der Waals surface area contributed by atoms with Gasteiger partial charge in [0.25, 0.3) is 0 Å². The van der Waals surface area contributed by atoms with E-state index in [1.54, 1.807) is 20.3 Å². The number of amides is 1. The van der Waals surface area contributed by atoms with E-state index in [0.717, 1.165) is 42.9 Å². The molecule has 0 radical (unpaired) electrons. The highest BCUT2D eigenvalue weighted by molar-refractivity contribution is 5.98. The Labute approximate surface area is 217 Å². The number of benzene rings is 1. The highest BCUT2D eigenvalue weighted by Gasteiger charge is 2.31. The van der Waals surface area contributed by atoms with Gasteiger partial charge in [-0.25, -0.2) is 14.3 Å². The van der Waals surface area contributed by atoms with Crippen molar-refractivity contribution in [1.29, 1.82) is 0 Å². The Hall–Kier alpha value is -3.73. The van der Waals surface area contributed by atoms with Crippen LogP contribution in [-0.4, -0.2) is 78.6 Å². The van der Waals surface area contributed by atoms with Crippen molar-refractivity contribution in [3.8, 4) is 22.6 Å². The number of ether oxygens (including phenoxy) is 3. The third-order valence-electron chi connectivity index (χ3n) is 6.51. The quantitative estimate of drug-likeness (QED) is 0.508. The van der Waals surface area contributed by atoms with Gasteiger partial charge in [0.05, 0.1) is 25.5 Å². The summed E-state index contributed by atoms with van der Waals surface area (Å²) < 4.78 is 18.8. The minimum Gasteiger partial charge on any atom is -0.495 e. The van der Waals surface area contributed by atoms with Gasteiger partial charge in [-0.1, -0.05) is 6.07 Å². The Morgan fingerprint density at radius 1 is 1.16 bits per heavy atom. The molecule has 0 saturated carbocycles. The number of fused-ring (bicyclic) bond motifs is 1. The van der Waals surface area contributed by atoms with Crippen molar-refractivity contribution in [1.82, 2.24) is 19.5 Å². The Kier molecular flexibility index (Phi) is 7.35. The SMILES string of the molecule is COc1cc(-c2c(OC)c(N3CCC(N(C)C)CC3)n3ncnc(N)c23)ccc1NC(=O)OC(C)(C)C. The number of anilines is 3. The molecule has 0 unspecified atom stereocenters. The van der Waals surface area contributed by atoms with E-state index in [1.807, 2.05) is 37.4 Å². The number of nitrogen functional groups attached to an aromatic ring is 1. The lowest BCUT2D eigenvalue weighted by Gasteiger charge is -2.36. The van der Waals surface area contributed by atoms with Crippen molar-refractivity contribution < 1.29 is 19.0 Å². The number of hydrogen-bond acceptors (Lipinski definition) is 9. The molecular formula is C26H37N7O4. The fourth-order valence-electron chi connectivity index (χ4n) is 4.77. The van der Waals surface area contributed by atoms with Gasteiger partial charge in [-0.05, 0) is 65.4 Å². The summed E-state index contributed by atoms with van der Waals surface area (Å²) in [6.45, 7) is 7.15. The van der Waals surface area contributed by atoms with Crippen molar-refractivity contribution in [3.05, 3.63) is 24.5 Å². The molecule has 11 heteroatoms. The third-order valence-corrected chi connectivity index (χ3v) is 6.51. The number of nitrogens with two attached hydrogens (primary N) is 1. The second kappa shape index (κ2) is 10.3. The fraction of sp³-hybridized carbons (Fsp3) is 0.500. The fourth-order valence-corrected chi connectivity index (χ4v) is 4.77. The summed E-state index contributed by atoms with van der Waals surface area (Å²) in [5.41, 5.74) is 8.45. The molecule has 1 aliphatic heterocycles. The van der Waals surface area contributed by atoms with Gasteiger partial charge < -0.3 is 29.7 Å². The van der Waals surface area contributed by atoms with Crippen LogP contribution in [0.1, 0.15) is 33.6 Å². The zero-order valence-corrected chi connectivity index (χ0v) is 22.7. The normalized spacial score (nSPS) is 14.8. The number of carbonyl (C=O) groups excluding carboxylic acids is 1. The van der Waals surface area contributed by atoms with Crippen molar-refractivity contribution in [2.24, 2.45) is 0 Å². The highest BCUT2D eigenvalue weighted by Crippen LogP contribution is 2.47. The molecule has 2 aromatic heterocycles. The molecule has 4 rings (SSSR count). The monoisotopic (exact) mass is 511 g/mol. The third kappa shape index (κ3) is 5.36. The number of carbonyl (C=O) groups is 1. The van der Waals surface area contributed by atoms with Gasteiger partial charge in [0.15, 0.2) is 17.4 Å². The Morgan fingerprint density at radius 3 is 2.46 bits per heavy atom. The molecule has 3 heterocycles. The summed E-state index contributed by atoms with van der Waals surface area (Å²) in [4.78, 5) is 21.2. The Bertz CT molecular complexity index is 1270. The average molecular weight is 512 g/mol. The molecule has 0 aliphatic carbocycles. The number of nitrogens with zero attached hydrogens (tertiary/aromatic N) is 5. The number of methoxy groups -OCH3 is 2. The predicted octanol–water partition coefficient (Wildman–Crippen LogP) is 3.87. The lowest BCUT2D eigenvalue weighted by Crippen LogP contribution is -2.42. The van der Waals surface area contributed by atoms with E-state index in [1.165, 1.54) is 6.33 Å². The number of hydrogen-bond donors (Lipinski definition) is 2. The molecule has 1 aliphatic rings. The number of nitrogens with one attached hydrogen (secondary N) is 1. The van der Waals surface area contributed by atoms with E-state index in [4.69, 9.17) is 19.9 Å². The molecule has 0 spiro atoms. The molecule has 0 atom stereocenters. The molecule has 1 saturated heterocycles. The summed E-state index contributed by atoms with van der Waals surface area (Å²) in [6.07, 6.45) is 2.94. The molecule has 1 amide bonds. The molecule has 3 aromatic rings. The maximum Gasteiger partial charge on any atom is 0.412 e. The highest BCUT2D eigenvalue weighted by atomic mass is 16.6. The van der Waals surface area contributed by atoms with E-state index < -0.39 is 11.7 Å². The largest absolute Gasteiger partial charge is 0.495 e. The van der Waals surface area contributed by atoms with Crippen molar-refractivity contribution in [2.75, 3.05) is 57.4 Å². The van der Waals surface area contributed by atoms with Gasteiger partial charge in [-0.2, -0.15) is 5.10 Å². The van der Waals surface area contributed by atoms with Gasteiger partial charge in [0, 0.05) is 19.1 Å². The second-order valence-electron chi connectivity index (χ2n) is 10.4. The molecule has 37 heavy (non-hydrogen) atoms. The summed E-state index contributed by atoms with van der Waals surface area (Å²) in [5, 5.41) is 7.31. The lowest BCUT2D eigenvalue weighted by atomic mass is 10.0. The molecule has 11 nitrogen and oxygen atoms in total. The smallest absolute Gasteiger partial charge is 0.412 e. The minimum absolute atomic E-state index is 0.340. The minimum atomic E-state index is -0.620. The standard InChI is InChI=1S/C26H37N7O4/c1-26(2,3)37-25(34)30-18-9-8-16(14-19(18)35-6)20-21-23(27)28-15-29-33(21)24(22(20)36-7)32-12-10-17(11-13-32)31(4)5/h8-9,14-15,17H,10-13H2,1-7H3,(H,30,34)(H2,27,28,29). The molecule has 1 aromatic carbocycles. The van der Waals surface area contributed by atoms with Crippen LogP contribution in [0.4, 0.5) is 22.1 Å². The first kappa shape index (κ1) is 26.3. The second-order valence-corrected chi connectivity index (χ2v) is 10.4. The van der Waals surface area contributed by atoms with E-state index >= 15 is 0 Å². The van der Waals surface area contributed by atoms with Crippen LogP contribution in [0.15, 0.2) is 24.5 Å². The summed E-state index contributed by atoms with van der Waals surface area (Å²) in [5.74, 6) is 2.31. The van der Waals surface area contributed by atoms with Gasteiger partial charge in [0.2, 0.25) is 0 Å². The van der Waals surface area contributed by atoms with Crippen LogP contribution in [0.25, 0.3) is 16.6 Å². The predicted molar refractivity (Wildman–Crippen MR) is 145 cm³/mol. The van der Waals surface area contributed by atoms with Gasteiger partial charge in [-0.15, -0.1) is 0 Å². The Morgan fingerprint density at radius 2 is 1.86 bits per heavy atom. The zero-order chi connectivity index (χ0) is 26.9. The maximum atomic E-state index is 12.4. The van der Waals surface area contributed by atoms with E-state index in [9.17, 15) is 4.79 Å². The van der Waals surface area contributed by atoms with E-state index in [2.05, 4.69) is 39.3 Å². The summed E-state index contributed by atoms with van der Waals surface area (Å²) in [6, 6.07) is 6.01. The van der Waals surface area contributed by atoms with E-state index in [-0.39, 0.29) is 0 Å². The molecule has 3 N–H and O–H groups in total. The van der Waals surface area contributed by atoms with Crippen molar-refractivity contribution in [3.63, 3.8) is 0 Å². The van der Waals surface area contributed by atoms with Crippen LogP contribution in [0.3, 0.4) is 0 Å². The number of piperidine rings is 1. The summed E-state index contributed by atoms with van der Waals surface area (Å²) in [7, 11) is 7.43. The number of rotatable bonds is 6. The van der Waals surface area contributed by atoms with Crippen LogP contribution >= 0.6 is 0 Å².